The molecule has 0 bridgehead atoms. The van der Waals surface area contributed by atoms with Crippen LogP contribution in [-0.2, 0) is 19.8 Å². The highest BCUT2D eigenvalue weighted by atomic mass is 16.5. The lowest BCUT2D eigenvalue weighted by Gasteiger charge is -2.16. The summed E-state index contributed by atoms with van der Waals surface area (Å²) in [6.07, 6.45) is 0. The minimum Gasteiger partial charge on any atom is -0.496 e. The fraction of sp³-hybridized carbons (Fsp3) is 0.132. The molecule has 0 amide bonds. The summed E-state index contributed by atoms with van der Waals surface area (Å²) in [6.45, 7) is 1.03. The molecule has 0 saturated heterocycles. The predicted octanol–water partition coefficient (Wildman–Crippen LogP) is 8.21. The highest BCUT2D eigenvalue weighted by Gasteiger charge is 2.22. The van der Waals surface area contributed by atoms with Crippen LogP contribution in [0.25, 0.3) is 22.3 Å². The molecule has 0 atom stereocenters. The first-order chi connectivity index (χ1) is 22.1. The first kappa shape index (κ1) is 29.4. The Balaban J connectivity index is 1.39. The van der Waals surface area contributed by atoms with Crippen molar-refractivity contribution in [1.82, 2.24) is 0 Å². The second kappa shape index (κ2) is 13.7. The topological polar surface area (TPSA) is 76.4 Å². The van der Waals surface area contributed by atoms with Crippen molar-refractivity contribution in [2.75, 3.05) is 14.2 Å². The summed E-state index contributed by atoms with van der Waals surface area (Å²) in [5.41, 5.74) is 3.55. The lowest BCUT2D eigenvalue weighted by Crippen LogP contribution is -2.09. The van der Waals surface area contributed by atoms with E-state index in [1.165, 1.54) is 14.2 Å². The third kappa shape index (κ3) is 6.78. The van der Waals surface area contributed by atoms with Gasteiger partial charge in [0, 0.05) is 17.7 Å². The van der Waals surface area contributed by atoms with Gasteiger partial charge in [-0.1, -0.05) is 91.0 Å². The maximum absolute atomic E-state index is 13.8. The van der Waals surface area contributed by atoms with Crippen molar-refractivity contribution in [3.63, 3.8) is 0 Å². The third-order valence-corrected chi connectivity index (χ3v) is 7.24. The van der Waals surface area contributed by atoms with Crippen molar-refractivity contribution < 1.29 is 28.1 Å². The van der Waals surface area contributed by atoms with Gasteiger partial charge in [-0.15, -0.1) is 0 Å². The monoisotopic (exact) mass is 600 g/mol. The number of ether oxygens (including phenoxy) is 5. The van der Waals surface area contributed by atoms with Crippen molar-refractivity contribution in [3.8, 4) is 40.1 Å². The lowest BCUT2D eigenvalue weighted by atomic mass is 10.1. The van der Waals surface area contributed by atoms with Gasteiger partial charge in [-0.25, -0.2) is 0 Å². The van der Waals surface area contributed by atoms with Gasteiger partial charge in [0.2, 0.25) is 11.2 Å². The maximum Gasteiger partial charge on any atom is 0.239 e. The number of benzene rings is 5. The maximum atomic E-state index is 13.8. The van der Waals surface area contributed by atoms with Crippen LogP contribution in [0, 0.1) is 0 Å². The van der Waals surface area contributed by atoms with Gasteiger partial charge < -0.3 is 28.1 Å². The average Bonchev–Trinajstić information content (AvgIpc) is 3.10. The quantitative estimate of drug-likeness (QED) is 0.140. The van der Waals surface area contributed by atoms with Gasteiger partial charge in [-0.2, -0.15) is 0 Å². The minimum atomic E-state index is -0.364. The van der Waals surface area contributed by atoms with E-state index in [4.69, 9.17) is 28.1 Å². The summed E-state index contributed by atoms with van der Waals surface area (Å²) in [5.74, 6) is 2.17. The largest absolute Gasteiger partial charge is 0.496 e. The summed E-state index contributed by atoms with van der Waals surface area (Å²) in [7, 11) is 2.94. The number of hydrogen-bond acceptors (Lipinski definition) is 7. The molecule has 45 heavy (non-hydrogen) atoms. The Kier molecular flexibility index (Phi) is 8.97. The molecule has 0 spiro atoms. The number of methoxy groups -OCH3 is 2. The van der Waals surface area contributed by atoms with Gasteiger partial charge >= 0.3 is 0 Å². The van der Waals surface area contributed by atoms with E-state index in [1.54, 1.807) is 18.2 Å². The first-order valence-corrected chi connectivity index (χ1v) is 14.5. The fourth-order valence-electron chi connectivity index (χ4n) is 4.96. The van der Waals surface area contributed by atoms with Gasteiger partial charge in [0.1, 0.15) is 42.3 Å². The molecular formula is C38H32O7. The molecule has 0 aliphatic rings. The predicted molar refractivity (Wildman–Crippen MR) is 173 cm³/mol. The van der Waals surface area contributed by atoms with Gasteiger partial charge in [0.25, 0.3) is 0 Å². The molecule has 7 heteroatoms. The van der Waals surface area contributed by atoms with E-state index in [0.717, 1.165) is 16.7 Å². The molecule has 7 nitrogen and oxygen atoms in total. The summed E-state index contributed by atoms with van der Waals surface area (Å²) in [6, 6.07) is 38.4. The van der Waals surface area contributed by atoms with Gasteiger partial charge in [0.05, 0.1) is 14.2 Å². The molecular weight excluding hydrogens is 568 g/mol. The van der Waals surface area contributed by atoms with E-state index in [-0.39, 0.29) is 22.3 Å². The van der Waals surface area contributed by atoms with Crippen LogP contribution in [0.4, 0.5) is 0 Å². The molecule has 226 valence electrons. The molecule has 0 aliphatic carbocycles. The molecule has 1 heterocycles. The number of fused-ring (bicyclic) bond motifs is 1. The van der Waals surface area contributed by atoms with Gasteiger partial charge in [0.15, 0.2) is 17.3 Å². The Morgan fingerprint density at radius 2 is 1.11 bits per heavy atom. The standard InChI is InChI=1S/C38H32O7/c1-40-33-21-30(42-23-26-12-6-3-7-13-26)22-34-35(33)36(39)38(41-2)37(45-34)29-18-19-31(43-24-27-14-8-4-9-15-27)32(20-29)44-25-28-16-10-5-11-17-28/h3-22H,23-25H2,1-2H3. The molecule has 0 radical (unpaired) electrons. The number of hydrogen-bond donors (Lipinski definition) is 0. The molecule has 0 saturated carbocycles. The van der Waals surface area contributed by atoms with E-state index in [0.29, 0.717) is 54.0 Å². The zero-order chi connectivity index (χ0) is 31.0. The molecule has 0 unspecified atom stereocenters. The molecule has 0 aliphatic heterocycles. The molecule has 0 fully saturated rings. The smallest absolute Gasteiger partial charge is 0.239 e. The normalized spacial score (nSPS) is 10.8. The lowest BCUT2D eigenvalue weighted by molar-refractivity contribution is 0.256. The van der Waals surface area contributed by atoms with Crippen LogP contribution in [0.1, 0.15) is 16.7 Å². The zero-order valence-electron chi connectivity index (χ0n) is 25.0. The summed E-state index contributed by atoms with van der Waals surface area (Å²) in [5, 5.41) is 0.258. The Hall–Kier alpha value is -5.69. The Bertz CT molecular complexity index is 1940. The van der Waals surface area contributed by atoms with Crippen molar-refractivity contribution >= 4 is 11.0 Å². The van der Waals surface area contributed by atoms with E-state index < -0.39 is 0 Å². The van der Waals surface area contributed by atoms with Crippen molar-refractivity contribution in [3.05, 3.63) is 148 Å². The Labute approximate surface area is 261 Å². The molecule has 5 aromatic carbocycles. The highest BCUT2D eigenvalue weighted by molar-refractivity contribution is 5.88. The zero-order valence-corrected chi connectivity index (χ0v) is 25.0. The van der Waals surface area contributed by atoms with Crippen LogP contribution in [-0.4, -0.2) is 14.2 Å². The van der Waals surface area contributed by atoms with Crippen LogP contribution in [0.3, 0.4) is 0 Å². The van der Waals surface area contributed by atoms with Crippen LogP contribution < -0.4 is 29.1 Å². The van der Waals surface area contributed by atoms with E-state index in [9.17, 15) is 4.79 Å². The first-order valence-electron chi connectivity index (χ1n) is 14.5. The summed E-state index contributed by atoms with van der Waals surface area (Å²) in [4.78, 5) is 13.8. The van der Waals surface area contributed by atoms with Crippen molar-refractivity contribution in [2.45, 2.75) is 19.8 Å². The molecule has 1 aromatic heterocycles. The van der Waals surface area contributed by atoms with Crippen LogP contribution in [0.2, 0.25) is 0 Å². The average molecular weight is 601 g/mol. The second-order valence-corrected chi connectivity index (χ2v) is 10.3. The van der Waals surface area contributed by atoms with E-state index in [2.05, 4.69) is 0 Å². The minimum absolute atomic E-state index is 0.0470. The molecule has 6 aromatic rings. The highest BCUT2D eigenvalue weighted by Crippen LogP contribution is 2.40. The third-order valence-electron chi connectivity index (χ3n) is 7.24. The summed E-state index contributed by atoms with van der Waals surface area (Å²) >= 11 is 0. The fourth-order valence-corrected chi connectivity index (χ4v) is 4.96. The molecule has 6 rings (SSSR count). The van der Waals surface area contributed by atoms with Crippen LogP contribution >= 0.6 is 0 Å². The summed E-state index contributed by atoms with van der Waals surface area (Å²) < 4.78 is 36.1. The van der Waals surface area contributed by atoms with E-state index in [1.807, 2.05) is 103 Å². The number of rotatable bonds is 12. The van der Waals surface area contributed by atoms with Gasteiger partial charge in [-0.05, 0) is 34.9 Å². The van der Waals surface area contributed by atoms with Gasteiger partial charge in [-0.3, -0.25) is 4.79 Å². The Morgan fingerprint density at radius 1 is 0.556 bits per heavy atom. The van der Waals surface area contributed by atoms with E-state index >= 15 is 0 Å². The SMILES string of the molecule is COc1c(-c2ccc(OCc3ccccc3)c(OCc3ccccc3)c2)oc2cc(OCc3ccccc3)cc(OC)c2c1=O. The van der Waals surface area contributed by atoms with Crippen molar-refractivity contribution in [2.24, 2.45) is 0 Å². The van der Waals surface area contributed by atoms with Crippen LogP contribution in [0.5, 0.6) is 28.7 Å². The van der Waals surface area contributed by atoms with Crippen molar-refractivity contribution in [1.29, 1.82) is 0 Å². The second-order valence-electron chi connectivity index (χ2n) is 10.3. The Morgan fingerprint density at radius 3 is 1.67 bits per heavy atom. The molecule has 0 N–H and O–H groups in total. The van der Waals surface area contributed by atoms with Crippen LogP contribution in [0.15, 0.2) is 131 Å².